The van der Waals surface area contributed by atoms with Crippen LogP contribution in [0, 0.1) is 0 Å². The normalized spacial score (nSPS) is 13.9. The predicted molar refractivity (Wildman–Crippen MR) is 148 cm³/mol. The standard InChI is InChI=1S/C27H36ClN3O6S/c1-19(26(33)29-27(2,3)4)30(18-20-9-6-7-10-22(20)28)25(32)11-8-14-31(38(5,34)35)21-12-13-23-24(17-21)37-16-15-36-23/h6-7,9-10,12-13,17,19H,8,11,14-16,18H2,1-5H3,(H,29,33)/t19-/m0/s1. The molecule has 0 radical (unpaired) electrons. The van der Waals surface area contributed by atoms with Crippen molar-refractivity contribution in [3.8, 4) is 11.5 Å². The highest BCUT2D eigenvalue weighted by Gasteiger charge is 2.29. The van der Waals surface area contributed by atoms with Crippen molar-refractivity contribution >= 4 is 39.1 Å². The molecule has 1 aliphatic rings. The first-order valence-electron chi connectivity index (χ1n) is 12.5. The van der Waals surface area contributed by atoms with E-state index in [1.165, 1.54) is 9.21 Å². The van der Waals surface area contributed by atoms with E-state index in [1.807, 2.05) is 32.9 Å². The van der Waals surface area contributed by atoms with Gasteiger partial charge < -0.3 is 19.7 Å². The summed E-state index contributed by atoms with van der Waals surface area (Å²) in [5, 5.41) is 3.42. The maximum atomic E-state index is 13.4. The van der Waals surface area contributed by atoms with Crippen LogP contribution in [-0.2, 0) is 26.2 Å². The second-order valence-corrected chi connectivity index (χ2v) is 12.6. The van der Waals surface area contributed by atoms with Crippen LogP contribution in [0.3, 0.4) is 0 Å². The summed E-state index contributed by atoms with van der Waals surface area (Å²) in [7, 11) is -3.64. The second kappa shape index (κ2) is 12.3. The highest BCUT2D eigenvalue weighted by atomic mass is 35.5. The molecule has 1 aliphatic heterocycles. The van der Waals surface area contributed by atoms with E-state index < -0.39 is 21.6 Å². The van der Waals surface area contributed by atoms with Crippen LogP contribution in [0.4, 0.5) is 5.69 Å². The number of nitrogens with zero attached hydrogens (tertiary/aromatic N) is 2. The van der Waals surface area contributed by atoms with Gasteiger partial charge >= 0.3 is 0 Å². The number of hydrogen-bond acceptors (Lipinski definition) is 6. The monoisotopic (exact) mass is 565 g/mol. The van der Waals surface area contributed by atoms with E-state index in [9.17, 15) is 18.0 Å². The molecule has 0 bridgehead atoms. The number of rotatable bonds is 10. The number of ether oxygens (including phenoxy) is 2. The van der Waals surface area contributed by atoms with E-state index in [4.69, 9.17) is 21.1 Å². The average molecular weight is 566 g/mol. The fraction of sp³-hybridized carbons (Fsp3) is 0.481. The number of carbonyl (C=O) groups excluding carboxylic acids is 2. The van der Waals surface area contributed by atoms with Crippen molar-refractivity contribution in [3.63, 3.8) is 0 Å². The lowest BCUT2D eigenvalue weighted by atomic mass is 10.1. The number of carbonyl (C=O) groups is 2. The molecule has 0 unspecified atom stereocenters. The van der Waals surface area contributed by atoms with Gasteiger partial charge in [-0.25, -0.2) is 8.42 Å². The van der Waals surface area contributed by atoms with Gasteiger partial charge in [0.05, 0.1) is 11.9 Å². The topological polar surface area (TPSA) is 105 Å². The molecule has 3 rings (SSSR count). The van der Waals surface area contributed by atoms with Crippen LogP contribution in [-0.4, -0.2) is 62.7 Å². The summed E-state index contributed by atoms with van der Waals surface area (Å²) in [6, 6.07) is 11.3. The first kappa shape index (κ1) is 29.6. The molecule has 0 saturated carbocycles. The number of hydrogen-bond donors (Lipinski definition) is 1. The minimum absolute atomic E-state index is 0.0359. The summed E-state index contributed by atoms with van der Waals surface area (Å²) in [6.07, 6.45) is 1.40. The SMILES string of the molecule is C[C@@H](C(=O)NC(C)(C)C)N(Cc1ccccc1Cl)C(=O)CCCN(c1ccc2c(c1)OCCO2)S(C)(=O)=O. The molecule has 2 aromatic carbocycles. The molecule has 208 valence electrons. The minimum atomic E-state index is -3.64. The summed E-state index contributed by atoms with van der Waals surface area (Å²) in [5.41, 5.74) is 0.673. The zero-order valence-corrected chi connectivity index (χ0v) is 24.1. The molecule has 11 heteroatoms. The third-order valence-electron chi connectivity index (χ3n) is 5.93. The van der Waals surface area contributed by atoms with Crippen molar-refractivity contribution < 1.29 is 27.5 Å². The molecular formula is C27H36ClN3O6S. The van der Waals surface area contributed by atoms with Crippen LogP contribution in [0.2, 0.25) is 5.02 Å². The number of nitrogens with one attached hydrogen (secondary N) is 1. The number of sulfonamides is 1. The van der Waals surface area contributed by atoms with Crippen LogP contribution in [0.25, 0.3) is 0 Å². The number of anilines is 1. The number of amides is 2. The third kappa shape index (κ3) is 8.01. The Morgan fingerprint density at radius 3 is 2.37 bits per heavy atom. The molecule has 1 heterocycles. The van der Waals surface area contributed by atoms with Gasteiger partial charge in [-0.15, -0.1) is 0 Å². The van der Waals surface area contributed by atoms with Gasteiger partial charge in [0.2, 0.25) is 21.8 Å². The lowest BCUT2D eigenvalue weighted by molar-refractivity contribution is -0.141. The van der Waals surface area contributed by atoms with E-state index >= 15 is 0 Å². The second-order valence-electron chi connectivity index (χ2n) is 10.3. The zero-order chi connectivity index (χ0) is 28.1. The summed E-state index contributed by atoms with van der Waals surface area (Å²) < 4.78 is 37.6. The van der Waals surface area contributed by atoms with Crippen LogP contribution < -0.4 is 19.1 Å². The van der Waals surface area contributed by atoms with Gasteiger partial charge in [-0.3, -0.25) is 13.9 Å². The molecule has 0 fully saturated rings. The van der Waals surface area contributed by atoms with Gasteiger partial charge in [0.15, 0.2) is 11.5 Å². The third-order valence-corrected chi connectivity index (χ3v) is 7.49. The van der Waals surface area contributed by atoms with Crippen molar-refractivity contribution in [1.29, 1.82) is 0 Å². The highest BCUT2D eigenvalue weighted by Crippen LogP contribution is 2.34. The molecule has 2 aromatic rings. The highest BCUT2D eigenvalue weighted by molar-refractivity contribution is 7.92. The molecular weight excluding hydrogens is 530 g/mol. The van der Waals surface area contributed by atoms with Gasteiger partial charge in [0.25, 0.3) is 0 Å². The first-order valence-corrected chi connectivity index (χ1v) is 14.7. The van der Waals surface area contributed by atoms with E-state index in [-0.39, 0.29) is 37.7 Å². The van der Waals surface area contributed by atoms with Gasteiger partial charge in [0, 0.05) is 36.1 Å². The van der Waals surface area contributed by atoms with E-state index in [2.05, 4.69) is 5.32 Å². The Morgan fingerprint density at radius 1 is 1.08 bits per heavy atom. The molecule has 38 heavy (non-hydrogen) atoms. The number of halogens is 1. The Hall–Kier alpha value is -2.98. The number of benzene rings is 2. The van der Waals surface area contributed by atoms with E-state index in [0.717, 1.165) is 6.26 Å². The maximum absolute atomic E-state index is 13.4. The smallest absolute Gasteiger partial charge is 0.242 e. The van der Waals surface area contributed by atoms with Gasteiger partial charge in [-0.1, -0.05) is 29.8 Å². The van der Waals surface area contributed by atoms with Crippen LogP contribution in [0.15, 0.2) is 42.5 Å². The molecule has 0 spiro atoms. The summed E-state index contributed by atoms with van der Waals surface area (Å²) in [5.74, 6) is 0.466. The summed E-state index contributed by atoms with van der Waals surface area (Å²) >= 11 is 6.35. The molecule has 1 atom stereocenters. The van der Waals surface area contributed by atoms with Crippen molar-refractivity contribution in [2.24, 2.45) is 0 Å². The van der Waals surface area contributed by atoms with Crippen molar-refractivity contribution in [3.05, 3.63) is 53.1 Å². The number of fused-ring (bicyclic) bond motifs is 1. The summed E-state index contributed by atoms with van der Waals surface area (Å²) in [6.45, 7) is 8.32. The largest absolute Gasteiger partial charge is 0.486 e. The molecule has 0 aliphatic carbocycles. The van der Waals surface area contributed by atoms with Crippen LogP contribution in [0.1, 0.15) is 46.1 Å². The van der Waals surface area contributed by atoms with E-state index in [1.54, 1.807) is 37.3 Å². The molecule has 1 N–H and O–H groups in total. The Bertz CT molecular complexity index is 1260. The fourth-order valence-electron chi connectivity index (χ4n) is 4.06. The quantitative estimate of drug-likeness (QED) is 0.467. The Morgan fingerprint density at radius 2 is 1.74 bits per heavy atom. The molecule has 9 nitrogen and oxygen atoms in total. The lowest BCUT2D eigenvalue weighted by Crippen LogP contribution is -2.52. The molecule has 0 saturated heterocycles. The van der Waals surface area contributed by atoms with Crippen LogP contribution >= 0.6 is 11.6 Å². The minimum Gasteiger partial charge on any atom is -0.486 e. The predicted octanol–water partition coefficient (Wildman–Crippen LogP) is 3.99. The van der Waals surface area contributed by atoms with Crippen LogP contribution in [0.5, 0.6) is 11.5 Å². The van der Waals surface area contributed by atoms with Gasteiger partial charge in [0.1, 0.15) is 19.3 Å². The maximum Gasteiger partial charge on any atom is 0.242 e. The van der Waals surface area contributed by atoms with Gasteiger partial charge in [-0.05, 0) is 57.9 Å². The van der Waals surface area contributed by atoms with Crippen molar-refractivity contribution in [2.75, 3.05) is 30.3 Å². The lowest BCUT2D eigenvalue weighted by Gasteiger charge is -2.32. The fourth-order valence-corrected chi connectivity index (χ4v) is 5.21. The Kier molecular flexibility index (Phi) is 9.54. The zero-order valence-electron chi connectivity index (χ0n) is 22.5. The first-order chi connectivity index (χ1) is 17.8. The Labute approximate surface area is 230 Å². The van der Waals surface area contributed by atoms with E-state index in [0.29, 0.717) is 41.0 Å². The average Bonchev–Trinajstić information content (AvgIpc) is 2.83. The van der Waals surface area contributed by atoms with Crippen molar-refractivity contribution in [2.45, 2.75) is 58.7 Å². The molecule has 0 aromatic heterocycles. The van der Waals surface area contributed by atoms with Crippen molar-refractivity contribution in [1.82, 2.24) is 10.2 Å². The van der Waals surface area contributed by atoms with Gasteiger partial charge in [-0.2, -0.15) is 0 Å². The Balaban J connectivity index is 1.76. The summed E-state index contributed by atoms with van der Waals surface area (Å²) in [4.78, 5) is 27.9. The molecule has 2 amide bonds.